The molecule has 3 aromatic carbocycles. The highest BCUT2D eigenvalue weighted by molar-refractivity contribution is 6.30. The van der Waals surface area contributed by atoms with Gasteiger partial charge in [-0.15, -0.1) is 0 Å². The first kappa shape index (κ1) is 26.4. The molecule has 0 heterocycles. The summed E-state index contributed by atoms with van der Waals surface area (Å²) < 4.78 is 0. The maximum Gasteiger partial charge on any atom is 0.221 e. The maximum absolute atomic E-state index is 10.4. The summed E-state index contributed by atoms with van der Waals surface area (Å²) in [6, 6.07) is 24.8. The lowest BCUT2D eigenvalue weighted by Gasteiger charge is -1.98. The number of hydrogen-bond donors (Lipinski definition) is 3. The van der Waals surface area contributed by atoms with Crippen molar-refractivity contribution in [1.82, 2.24) is 10.6 Å². The number of carbonyl (C=O) groups is 3. The molecule has 7 heteroatoms. The van der Waals surface area contributed by atoms with Gasteiger partial charge in [0.05, 0.1) is 6.42 Å². The van der Waals surface area contributed by atoms with Crippen molar-refractivity contribution in [3.63, 3.8) is 0 Å². The van der Waals surface area contributed by atoms with Crippen molar-refractivity contribution in [2.75, 3.05) is 0 Å². The molecule has 3 rings (SSSR count). The van der Waals surface area contributed by atoms with Crippen LogP contribution in [0.2, 0.25) is 5.02 Å². The van der Waals surface area contributed by atoms with Gasteiger partial charge in [-0.25, -0.2) is 0 Å². The largest absolute Gasteiger partial charge is 0.369 e. The molecular formula is C25H28ClN3O3. The topological polar surface area (TPSA) is 101 Å². The third-order valence-corrected chi connectivity index (χ3v) is 4.29. The van der Waals surface area contributed by atoms with Gasteiger partial charge < -0.3 is 16.4 Å². The summed E-state index contributed by atoms with van der Waals surface area (Å²) in [5.41, 5.74) is 9.36. The first-order valence-electron chi connectivity index (χ1n) is 9.91. The highest BCUT2D eigenvalue weighted by Gasteiger charge is 1.94. The Labute approximate surface area is 193 Å². The second kappa shape index (κ2) is 16.1. The predicted molar refractivity (Wildman–Crippen MR) is 128 cm³/mol. The van der Waals surface area contributed by atoms with Crippen molar-refractivity contribution in [1.29, 1.82) is 0 Å². The molecule has 168 valence electrons. The van der Waals surface area contributed by atoms with E-state index in [0.29, 0.717) is 37.4 Å². The lowest BCUT2D eigenvalue weighted by atomic mass is 10.1. The number of rotatable bonds is 8. The van der Waals surface area contributed by atoms with E-state index in [9.17, 15) is 14.4 Å². The molecule has 0 atom stereocenters. The molecule has 3 aromatic rings. The van der Waals surface area contributed by atoms with Gasteiger partial charge in [-0.05, 0) is 35.7 Å². The monoisotopic (exact) mass is 453 g/mol. The fraction of sp³-hybridized carbons (Fsp3) is 0.160. The van der Waals surface area contributed by atoms with Crippen LogP contribution in [-0.4, -0.2) is 18.7 Å². The molecule has 0 aliphatic carbocycles. The van der Waals surface area contributed by atoms with Crippen LogP contribution in [0.3, 0.4) is 0 Å². The first-order chi connectivity index (χ1) is 15.4. The SMILES string of the molecule is Cc1ccc(CNC=O)cc1.NC(=O)Cc1ccccc1.O=CNCc1ccc(Cl)cc1. The lowest BCUT2D eigenvalue weighted by molar-refractivity contribution is -0.117. The van der Waals surface area contributed by atoms with Crippen molar-refractivity contribution >= 4 is 30.3 Å². The van der Waals surface area contributed by atoms with Gasteiger partial charge in [-0.2, -0.15) is 0 Å². The Balaban J connectivity index is 0.000000240. The molecule has 0 bridgehead atoms. The van der Waals surface area contributed by atoms with Crippen LogP contribution in [-0.2, 0) is 33.9 Å². The van der Waals surface area contributed by atoms with Crippen molar-refractivity contribution in [3.05, 3.63) is 106 Å². The van der Waals surface area contributed by atoms with Crippen LogP contribution in [0, 0.1) is 6.92 Å². The molecule has 4 N–H and O–H groups in total. The summed E-state index contributed by atoms with van der Waals surface area (Å²) in [5, 5.41) is 5.87. The molecule has 3 amide bonds. The zero-order valence-electron chi connectivity index (χ0n) is 18.0. The smallest absolute Gasteiger partial charge is 0.221 e. The fourth-order valence-corrected chi connectivity index (χ4v) is 2.55. The van der Waals surface area contributed by atoms with E-state index in [4.69, 9.17) is 17.3 Å². The number of benzene rings is 3. The van der Waals surface area contributed by atoms with Crippen LogP contribution in [0.15, 0.2) is 78.9 Å². The predicted octanol–water partition coefficient (Wildman–Crippen LogP) is 3.54. The highest BCUT2D eigenvalue weighted by Crippen LogP contribution is 2.08. The zero-order valence-corrected chi connectivity index (χ0v) is 18.7. The van der Waals surface area contributed by atoms with Gasteiger partial charge >= 0.3 is 0 Å². The molecule has 0 saturated heterocycles. The van der Waals surface area contributed by atoms with E-state index in [2.05, 4.69) is 10.6 Å². The second-order valence-electron chi connectivity index (χ2n) is 6.74. The maximum atomic E-state index is 10.4. The molecule has 0 spiro atoms. The van der Waals surface area contributed by atoms with E-state index in [1.54, 1.807) is 12.1 Å². The van der Waals surface area contributed by atoms with Crippen LogP contribution in [0.25, 0.3) is 0 Å². The Bertz CT molecular complexity index is 877. The van der Waals surface area contributed by atoms with E-state index < -0.39 is 0 Å². The molecule has 32 heavy (non-hydrogen) atoms. The number of aryl methyl sites for hydroxylation is 1. The Morgan fingerprint density at radius 2 is 1.25 bits per heavy atom. The van der Waals surface area contributed by atoms with Crippen molar-refractivity contribution in [2.45, 2.75) is 26.4 Å². The Hall–Kier alpha value is -3.64. The lowest BCUT2D eigenvalue weighted by Crippen LogP contribution is -2.13. The molecule has 0 fully saturated rings. The van der Waals surface area contributed by atoms with E-state index in [1.165, 1.54) is 5.56 Å². The number of carbonyl (C=O) groups excluding carboxylic acids is 3. The molecule has 6 nitrogen and oxygen atoms in total. The standard InChI is InChI=1S/C9H11NO.C8H8ClNO.C8H9NO/c1-8-2-4-9(5-3-8)6-10-7-11;9-8-3-1-7(2-4-8)5-10-6-11;9-8(10)6-7-4-2-1-3-5-7/h2-5,7H,6H2,1H3,(H,10,11);1-4,6H,5H2,(H,10,11);1-5H,6H2,(H2,9,10). The third-order valence-electron chi connectivity index (χ3n) is 4.03. The van der Waals surface area contributed by atoms with Crippen LogP contribution >= 0.6 is 11.6 Å². The summed E-state index contributed by atoms with van der Waals surface area (Å²) in [7, 11) is 0. The van der Waals surface area contributed by atoms with Gasteiger partial charge in [0.2, 0.25) is 18.7 Å². The van der Waals surface area contributed by atoms with Gasteiger partial charge in [0, 0.05) is 18.1 Å². The molecule has 0 saturated carbocycles. The average molecular weight is 454 g/mol. The number of nitrogens with two attached hydrogens (primary N) is 1. The minimum absolute atomic E-state index is 0.286. The molecule has 0 unspecified atom stereocenters. The summed E-state index contributed by atoms with van der Waals surface area (Å²) in [5.74, 6) is -0.286. The quantitative estimate of drug-likeness (QED) is 0.454. The van der Waals surface area contributed by atoms with Crippen LogP contribution in [0.1, 0.15) is 22.3 Å². The van der Waals surface area contributed by atoms with Crippen molar-refractivity contribution in [2.24, 2.45) is 5.73 Å². The molecule has 0 aliphatic rings. The molecular weight excluding hydrogens is 426 g/mol. The van der Waals surface area contributed by atoms with E-state index >= 15 is 0 Å². The molecule has 0 aromatic heterocycles. The Kier molecular flexibility index (Phi) is 13.3. The van der Waals surface area contributed by atoms with Gasteiger partial charge in [0.25, 0.3) is 0 Å². The van der Waals surface area contributed by atoms with Gasteiger partial charge in [0.1, 0.15) is 0 Å². The number of primary amides is 1. The summed E-state index contributed by atoms with van der Waals surface area (Å²) in [4.78, 5) is 30.2. The fourth-order valence-electron chi connectivity index (χ4n) is 2.42. The zero-order chi connectivity index (χ0) is 23.6. The molecule has 0 radical (unpaired) electrons. The molecule has 0 aliphatic heterocycles. The summed E-state index contributed by atoms with van der Waals surface area (Å²) in [6.45, 7) is 3.21. The Morgan fingerprint density at radius 3 is 1.69 bits per heavy atom. The number of halogens is 1. The van der Waals surface area contributed by atoms with Crippen LogP contribution < -0.4 is 16.4 Å². The van der Waals surface area contributed by atoms with E-state index in [-0.39, 0.29) is 5.91 Å². The number of nitrogens with one attached hydrogen (secondary N) is 2. The second-order valence-corrected chi connectivity index (χ2v) is 7.17. The van der Waals surface area contributed by atoms with Gasteiger partial charge in [-0.3, -0.25) is 14.4 Å². The van der Waals surface area contributed by atoms with E-state index in [0.717, 1.165) is 16.7 Å². The summed E-state index contributed by atoms with van der Waals surface area (Å²) in [6.07, 6.45) is 1.72. The highest BCUT2D eigenvalue weighted by atomic mass is 35.5. The van der Waals surface area contributed by atoms with Crippen molar-refractivity contribution in [3.8, 4) is 0 Å². The minimum Gasteiger partial charge on any atom is -0.369 e. The Morgan fingerprint density at radius 1 is 0.781 bits per heavy atom. The average Bonchev–Trinajstić information content (AvgIpc) is 2.79. The third kappa shape index (κ3) is 12.8. The van der Waals surface area contributed by atoms with Gasteiger partial charge in [0.15, 0.2) is 0 Å². The van der Waals surface area contributed by atoms with Gasteiger partial charge in [-0.1, -0.05) is 83.9 Å². The number of hydrogen-bond acceptors (Lipinski definition) is 3. The van der Waals surface area contributed by atoms with Crippen LogP contribution in [0.4, 0.5) is 0 Å². The minimum atomic E-state index is -0.286. The van der Waals surface area contributed by atoms with Crippen molar-refractivity contribution < 1.29 is 14.4 Å². The first-order valence-corrected chi connectivity index (χ1v) is 10.3. The van der Waals surface area contributed by atoms with Crippen LogP contribution in [0.5, 0.6) is 0 Å². The van der Waals surface area contributed by atoms with E-state index in [1.807, 2.05) is 73.7 Å². The number of amides is 3. The summed E-state index contributed by atoms with van der Waals surface area (Å²) >= 11 is 5.66. The normalized spacial score (nSPS) is 9.19.